The minimum Gasteiger partial charge on any atom is -0.392 e. The molecule has 6 heteroatoms. The summed E-state index contributed by atoms with van der Waals surface area (Å²) in [5.41, 5.74) is 1.53. The Hall–Kier alpha value is -1.40. The van der Waals surface area contributed by atoms with Gasteiger partial charge in [0.25, 0.3) is 0 Å². The van der Waals surface area contributed by atoms with Crippen LogP contribution in [0, 0.1) is 0 Å². The van der Waals surface area contributed by atoms with Gasteiger partial charge in [-0.3, -0.25) is 0 Å². The van der Waals surface area contributed by atoms with Crippen molar-refractivity contribution in [1.82, 2.24) is 4.72 Å². The van der Waals surface area contributed by atoms with Crippen molar-refractivity contribution in [3.63, 3.8) is 0 Å². The molecule has 0 heterocycles. The van der Waals surface area contributed by atoms with E-state index in [1.54, 1.807) is 24.3 Å². The minimum absolute atomic E-state index is 0.0717. The van der Waals surface area contributed by atoms with E-state index >= 15 is 0 Å². The highest BCUT2D eigenvalue weighted by Crippen LogP contribution is 2.14. The summed E-state index contributed by atoms with van der Waals surface area (Å²) in [4.78, 5) is 0.167. The highest BCUT2D eigenvalue weighted by atomic mass is 35.5. The summed E-state index contributed by atoms with van der Waals surface area (Å²) in [6.45, 7) is 0.0938. The van der Waals surface area contributed by atoms with Crippen LogP contribution in [0.15, 0.2) is 53.4 Å². The summed E-state index contributed by atoms with van der Waals surface area (Å²) in [7, 11) is -3.57. The van der Waals surface area contributed by atoms with Crippen molar-refractivity contribution in [2.75, 3.05) is 0 Å². The molecule has 2 N–H and O–H groups in total. The Bertz CT molecular complexity index is 684. The Morgan fingerprint density at radius 1 is 1.05 bits per heavy atom. The first-order valence-corrected chi connectivity index (χ1v) is 7.81. The van der Waals surface area contributed by atoms with E-state index in [1.165, 1.54) is 24.3 Å². The van der Waals surface area contributed by atoms with Crippen LogP contribution in [0.2, 0.25) is 5.02 Å². The van der Waals surface area contributed by atoms with Crippen LogP contribution in [0.25, 0.3) is 0 Å². The molecule has 0 aromatic heterocycles. The summed E-state index contributed by atoms with van der Waals surface area (Å²) in [5, 5.41) is 9.53. The smallest absolute Gasteiger partial charge is 0.240 e. The predicted molar refractivity (Wildman–Crippen MR) is 77.8 cm³/mol. The molecule has 2 aromatic rings. The molecular weight excluding hydrogens is 298 g/mol. The molecule has 0 aliphatic heterocycles. The van der Waals surface area contributed by atoms with E-state index in [0.717, 1.165) is 11.1 Å². The fraction of sp³-hybridized carbons (Fsp3) is 0.143. The molecule has 2 aromatic carbocycles. The zero-order valence-electron chi connectivity index (χ0n) is 10.6. The Morgan fingerprint density at radius 3 is 2.35 bits per heavy atom. The molecule has 0 amide bonds. The van der Waals surface area contributed by atoms with Crippen molar-refractivity contribution in [1.29, 1.82) is 0 Å². The predicted octanol–water partition coefficient (Wildman–Crippen LogP) is 2.31. The fourth-order valence-electron chi connectivity index (χ4n) is 1.71. The maximum atomic E-state index is 12.1. The fourth-order valence-corrected chi connectivity index (χ4v) is 2.86. The van der Waals surface area contributed by atoms with Crippen LogP contribution < -0.4 is 4.72 Å². The minimum atomic E-state index is -3.57. The molecule has 0 bridgehead atoms. The first-order chi connectivity index (χ1) is 9.51. The van der Waals surface area contributed by atoms with Crippen LogP contribution >= 0.6 is 11.6 Å². The number of aliphatic hydroxyl groups excluding tert-OH is 1. The second-order valence-corrected chi connectivity index (χ2v) is 6.46. The summed E-state index contributed by atoms with van der Waals surface area (Å²) >= 11 is 5.73. The van der Waals surface area contributed by atoms with Crippen molar-refractivity contribution in [2.45, 2.75) is 18.0 Å². The second kappa shape index (κ2) is 6.37. The molecule has 106 valence electrons. The van der Waals surface area contributed by atoms with E-state index in [9.17, 15) is 8.42 Å². The van der Waals surface area contributed by atoms with Crippen LogP contribution in [0.5, 0.6) is 0 Å². The molecule has 0 unspecified atom stereocenters. The van der Waals surface area contributed by atoms with Gasteiger partial charge in [0.1, 0.15) is 0 Å². The van der Waals surface area contributed by atoms with Crippen molar-refractivity contribution >= 4 is 21.6 Å². The van der Waals surface area contributed by atoms with Crippen LogP contribution in [-0.4, -0.2) is 13.5 Å². The molecule has 0 aliphatic carbocycles. The third-order valence-corrected chi connectivity index (χ3v) is 4.43. The van der Waals surface area contributed by atoms with Gasteiger partial charge in [0.15, 0.2) is 0 Å². The molecule has 4 nitrogen and oxygen atoms in total. The van der Waals surface area contributed by atoms with E-state index in [-0.39, 0.29) is 18.0 Å². The topological polar surface area (TPSA) is 66.4 Å². The first-order valence-electron chi connectivity index (χ1n) is 5.95. The average Bonchev–Trinajstić information content (AvgIpc) is 2.46. The Morgan fingerprint density at radius 2 is 1.70 bits per heavy atom. The van der Waals surface area contributed by atoms with E-state index in [0.29, 0.717) is 5.02 Å². The molecule has 0 fully saturated rings. The number of halogens is 1. The molecule has 20 heavy (non-hydrogen) atoms. The van der Waals surface area contributed by atoms with Gasteiger partial charge in [-0.05, 0) is 35.4 Å². The summed E-state index contributed by atoms with van der Waals surface area (Å²) in [6.07, 6.45) is 0. The molecule has 0 saturated carbocycles. The lowest BCUT2D eigenvalue weighted by Crippen LogP contribution is -2.23. The van der Waals surface area contributed by atoms with Crippen molar-refractivity contribution < 1.29 is 13.5 Å². The highest BCUT2D eigenvalue weighted by molar-refractivity contribution is 7.89. The number of nitrogens with one attached hydrogen (secondary N) is 1. The number of rotatable bonds is 5. The Balaban J connectivity index is 2.10. The van der Waals surface area contributed by atoms with Gasteiger partial charge < -0.3 is 5.11 Å². The third kappa shape index (κ3) is 3.80. The summed E-state index contributed by atoms with van der Waals surface area (Å²) in [6, 6.07) is 13.1. The summed E-state index contributed by atoms with van der Waals surface area (Å²) < 4.78 is 26.6. The quantitative estimate of drug-likeness (QED) is 0.890. The monoisotopic (exact) mass is 311 g/mol. The molecule has 2 rings (SSSR count). The highest BCUT2D eigenvalue weighted by Gasteiger charge is 2.13. The van der Waals surface area contributed by atoms with E-state index < -0.39 is 10.0 Å². The van der Waals surface area contributed by atoms with Crippen molar-refractivity contribution in [2.24, 2.45) is 0 Å². The van der Waals surface area contributed by atoms with E-state index in [1.807, 2.05) is 0 Å². The SMILES string of the molecule is O=S(=O)(NCc1cccc(CO)c1)c1ccc(Cl)cc1. The van der Waals surface area contributed by atoms with Crippen LogP contribution in [0.1, 0.15) is 11.1 Å². The Kier molecular flexibility index (Phi) is 4.77. The first kappa shape index (κ1) is 15.0. The maximum Gasteiger partial charge on any atom is 0.240 e. The van der Waals surface area contributed by atoms with Gasteiger partial charge >= 0.3 is 0 Å². The van der Waals surface area contributed by atoms with Gasteiger partial charge in [-0.1, -0.05) is 35.9 Å². The van der Waals surface area contributed by atoms with Crippen molar-refractivity contribution in [3.8, 4) is 0 Å². The number of sulfonamides is 1. The normalized spacial score (nSPS) is 11.5. The molecule has 0 radical (unpaired) electrons. The molecule has 0 spiro atoms. The van der Waals surface area contributed by atoms with E-state index in [2.05, 4.69) is 4.72 Å². The lowest BCUT2D eigenvalue weighted by molar-refractivity contribution is 0.281. The van der Waals surface area contributed by atoms with Gasteiger partial charge in [0, 0.05) is 11.6 Å². The van der Waals surface area contributed by atoms with Gasteiger partial charge in [0.05, 0.1) is 11.5 Å². The number of hydrogen-bond donors (Lipinski definition) is 2. The zero-order chi connectivity index (χ0) is 14.6. The van der Waals surface area contributed by atoms with Gasteiger partial charge in [-0.2, -0.15) is 0 Å². The third-order valence-electron chi connectivity index (χ3n) is 2.76. The summed E-state index contributed by atoms with van der Waals surface area (Å²) in [5.74, 6) is 0. The second-order valence-electron chi connectivity index (χ2n) is 4.26. The standard InChI is InChI=1S/C14H14ClNO3S/c15-13-4-6-14(7-5-13)20(18,19)16-9-11-2-1-3-12(8-11)10-17/h1-8,16-17H,9-10H2. The molecule has 0 saturated heterocycles. The van der Waals surface area contributed by atoms with Crippen LogP contribution in [0.4, 0.5) is 0 Å². The van der Waals surface area contributed by atoms with Gasteiger partial charge in [0.2, 0.25) is 10.0 Å². The number of aliphatic hydroxyl groups is 1. The number of benzene rings is 2. The van der Waals surface area contributed by atoms with Crippen molar-refractivity contribution in [3.05, 3.63) is 64.7 Å². The van der Waals surface area contributed by atoms with Crippen LogP contribution in [-0.2, 0) is 23.2 Å². The average molecular weight is 312 g/mol. The van der Waals surface area contributed by atoms with Crippen LogP contribution in [0.3, 0.4) is 0 Å². The van der Waals surface area contributed by atoms with Gasteiger partial charge in [-0.15, -0.1) is 0 Å². The molecular formula is C14H14ClNO3S. The molecule has 0 aliphatic rings. The zero-order valence-corrected chi connectivity index (χ0v) is 12.2. The molecule has 0 atom stereocenters. The van der Waals surface area contributed by atoms with Gasteiger partial charge in [-0.25, -0.2) is 13.1 Å². The Labute approximate surface area is 123 Å². The lowest BCUT2D eigenvalue weighted by atomic mass is 10.1. The number of hydrogen-bond acceptors (Lipinski definition) is 3. The lowest BCUT2D eigenvalue weighted by Gasteiger charge is -2.08. The largest absolute Gasteiger partial charge is 0.392 e. The maximum absolute atomic E-state index is 12.1. The van der Waals surface area contributed by atoms with E-state index in [4.69, 9.17) is 16.7 Å².